The number of ether oxygens (including phenoxy) is 1. The maximum atomic E-state index is 5.05. The fraction of sp³-hybridized carbons (Fsp3) is 0.923. The van der Waals surface area contributed by atoms with Gasteiger partial charge in [-0.05, 0) is 19.9 Å². The number of hydrogen-bond acceptors (Lipinski definition) is 4. The van der Waals surface area contributed by atoms with E-state index in [1.165, 1.54) is 12.8 Å². The minimum atomic E-state index is 0.283. The van der Waals surface area contributed by atoms with Crippen molar-refractivity contribution in [1.29, 1.82) is 0 Å². The molecular weight excluding hydrogens is 246 g/mol. The summed E-state index contributed by atoms with van der Waals surface area (Å²) in [6.07, 6.45) is 2.34. The van der Waals surface area contributed by atoms with E-state index >= 15 is 0 Å². The second-order valence-corrected chi connectivity index (χ2v) is 5.85. The van der Waals surface area contributed by atoms with E-state index in [9.17, 15) is 0 Å². The molecule has 0 aromatic rings. The number of rotatable bonds is 8. The van der Waals surface area contributed by atoms with Gasteiger partial charge in [0, 0.05) is 31.5 Å². The van der Waals surface area contributed by atoms with Crippen LogP contribution in [0.5, 0.6) is 0 Å². The van der Waals surface area contributed by atoms with Gasteiger partial charge in [0.25, 0.3) is 0 Å². The molecule has 0 amide bonds. The number of hydrogen-bond donors (Lipinski definition) is 1. The first kappa shape index (κ1) is 15.8. The van der Waals surface area contributed by atoms with Gasteiger partial charge in [-0.2, -0.15) is 0 Å². The zero-order chi connectivity index (χ0) is 13.4. The lowest BCUT2D eigenvalue weighted by Crippen LogP contribution is -2.42. The van der Waals surface area contributed by atoms with E-state index in [2.05, 4.69) is 36.1 Å². The standard InChI is InChI=1S/C13H27N3OS/c1-5-13(6-2)11-18-12(15-13)14-7-8-16(3)9-10-17-4/h5-11H2,1-4H3,(H,14,15). The quantitative estimate of drug-likeness (QED) is 0.732. The number of nitrogens with zero attached hydrogens (tertiary/aromatic N) is 2. The largest absolute Gasteiger partial charge is 0.383 e. The highest BCUT2D eigenvalue weighted by atomic mass is 32.2. The lowest BCUT2D eigenvalue weighted by molar-refractivity contribution is 0.163. The Balaban J connectivity index is 2.28. The van der Waals surface area contributed by atoms with Crippen LogP contribution in [0.2, 0.25) is 0 Å². The predicted octanol–water partition coefficient (Wildman–Crippen LogP) is 1.82. The highest BCUT2D eigenvalue weighted by molar-refractivity contribution is 8.14. The minimum Gasteiger partial charge on any atom is -0.383 e. The van der Waals surface area contributed by atoms with E-state index in [4.69, 9.17) is 4.74 Å². The van der Waals surface area contributed by atoms with Gasteiger partial charge in [0.05, 0.1) is 13.2 Å². The van der Waals surface area contributed by atoms with E-state index in [1.807, 2.05) is 11.8 Å². The molecule has 1 aliphatic rings. The van der Waals surface area contributed by atoms with Crippen molar-refractivity contribution in [3.8, 4) is 0 Å². The molecule has 1 fully saturated rings. The molecule has 0 bridgehead atoms. The van der Waals surface area contributed by atoms with E-state index in [0.717, 1.165) is 37.2 Å². The van der Waals surface area contributed by atoms with Crippen molar-refractivity contribution in [2.75, 3.05) is 46.2 Å². The summed E-state index contributed by atoms with van der Waals surface area (Å²) in [5.41, 5.74) is 0.283. The van der Waals surface area contributed by atoms with Crippen molar-refractivity contribution in [3.63, 3.8) is 0 Å². The van der Waals surface area contributed by atoms with Crippen molar-refractivity contribution in [2.24, 2.45) is 4.99 Å². The second kappa shape index (κ2) is 8.02. The Morgan fingerprint density at radius 2 is 2.11 bits per heavy atom. The number of likely N-dealkylation sites (N-methyl/N-ethyl adjacent to an activating group) is 1. The molecular formula is C13H27N3OS. The average molecular weight is 273 g/mol. The molecule has 106 valence electrons. The van der Waals surface area contributed by atoms with E-state index in [-0.39, 0.29) is 5.54 Å². The van der Waals surface area contributed by atoms with Gasteiger partial charge in [-0.3, -0.25) is 4.99 Å². The summed E-state index contributed by atoms with van der Waals surface area (Å²) < 4.78 is 5.05. The van der Waals surface area contributed by atoms with E-state index in [1.54, 1.807) is 7.11 Å². The maximum absolute atomic E-state index is 5.05. The average Bonchev–Trinajstić information content (AvgIpc) is 2.81. The van der Waals surface area contributed by atoms with Gasteiger partial charge in [0.2, 0.25) is 0 Å². The Morgan fingerprint density at radius 1 is 1.39 bits per heavy atom. The topological polar surface area (TPSA) is 36.9 Å². The van der Waals surface area contributed by atoms with Crippen LogP contribution in [0, 0.1) is 0 Å². The third-order valence-electron chi connectivity index (χ3n) is 3.63. The molecule has 0 unspecified atom stereocenters. The zero-order valence-corrected chi connectivity index (χ0v) is 13.0. The van der Waals surface area contributed by atoms with Gasteiger partial charge < -0.3 is 15.0 Å². The molecule has 0 aromatic carbocycles. The molecule has 4 nitrogen and oxygen atoms in total. The Morgan fingerprint density at radius 3 is 2.67 bits per heavy atom. The minimum absolute atomic E-state index is 0.283. The summed E-state index contributed by atoms with van der Waals surface area (Å²) in [4.78, 5) is 6.90. The third-order valence-corrected chi connectivity index (χ3v) is 4.83. The van der Waals surface area contributed by atoms with Crippen LogP contribution in [-0.4, -0.2) is 61.8 Å². The van der Waals surface area contributed by atoms with Crippen LogP contribution < -0.4 is 5.32 Å². The van der Waals surface area contributed by atoms with Gasteiger partial charge in [0.1, 0.15) is 0 Å². The van der Waals surface area contributed by atoms with Crippen LogP contribution in [-0.2, 0) is 4.74 Å². The predicted molar refractivity (Wildman–Crippen MR) is 80.6 cm³/mol. The van der Waals surface area contributed by atoms with Crippen LogP contribution in [0.4, 0.5) is 0 Å². The van der Waals surface area contributed by atoms with Crippen LogP contribution >= 0.6 is 11.8 Å². The van der Waals surface area contributed by atoms with E-state index in [0.29, 0.717) is 0 Å². The molecule has 1 N–H and O–H groups in total. The summed E-state index contributed by atoms with van der Waals surface area (Å²) in [6, 6.07) is 0. The van der Waals surface area contributed by atoms with Crippen molar-refractivity contribution in [1.82, 2.24) is 10.2 Å². The molecule has 0 aromatic heterocycles. The molecule has 5 heteroatoms. The first-order valence-corrected chi connectivity index (χ1v) is 7.77. The highest BCUT2D eigenvalue weighted by Gasteiger charge is 2.33. The first-order chi connectivity index (χ1) is 8.65. The molecule has 0 atom stereocenters. The summed E-state index contributed by atoms with van der Waals surface area (Å²) in [5.74, 6) is 1.15. The van der Waals surface area contributed by atoms with Crippen molar-refractivity contribution in [2.45, 2.75) is 32.2 Å². The van der Waals surface area contributed by atoms with Crippen LogP contribution in [0.1, 0.15) is 26.7 Å². The molecule has 0 spiro atoms. The van der Waals surface area contributed by atoms with Gasteiger partial charge in [-0.25, -0.2) is 0 Å². The van der Waals surface area contributed by atoms with Crippen LogP contribution in [0.25, 0.3) is 0 Å². The second-order valence-electron chi connectivity index (χ2n) is 4.88. The van der Waals surface area contributed by atoms with Gasteiger partial charge >= 0.3 is 0 Å². The Kier molecular flexibility index (Phi) is 7.04. The molecule has 18 heavy (non-hydrogen) atoms. The third kappa shape index (κ3) is 4.78. The van der Waals surface area contributed by atoms with Gasteiger partial charge in [-0.15, -0.1) is 0 Å². The SMILES string of the molecule is CCC1(CC)CSC(=NCCN(C)CCOC)N1. The van der Waals surface area contributed by atoms with Crippen molar-refractivity contribution >= 4 is 16.9 Å². The number of amidine groups is 1. The molecule has 0 aliphatic carbocycles. The fourth-order valence-corrected chi connectivity index (χ4v) is 3.27. The van der Waals surface area contributed by atoms with Crippen molar-refractivity contribution < 1.29 is 4.74 Å². The first-order valence-electron chi connectivity index (χ1n) is 6.78. The summed E-state index contributed by atoms with van der Waals surface area (Å²) in [7, 11) is 3.85. The zero-order valence-electron chi connectivity index (χ0n) is 12.2. The number of nitrogens with one attached hydrogen (secondary N) is 1. The Hall–Kier alpha value is -0.260. The molecule has 1 rings (SSSR count). The molecule has 0 saturated carbocycles. The molecule has 1 aliphatic heterocycles. The molecule has 0 radical (unpaired) electrons. The highest BCUT2D eigenvalue weighted by Crippen LogP contribution is 2.28. The fourth-order valence-electron chi connectivity index (χ4n) is 1.90. The Bertz CT molecular complexity index is 267. The Labute approximate surface area is 116 Å². The number of thioether (sulfide) groups is 1. The van der Waals surface area contributed by atoms with Gasteiger partial charge in [0.15, 0.2) is 5.17 Å². The lowest BCUT2D eigenvalue weighted by atomic mass is 9.96. The van der Waals surface area contributed by atoms with Crippen molar-refractivity contribution in [3.05, 3.63) is 0 Å². The summed E-state index contributed by atoms with van der Waals surface area (Å²) >= 11 is 1.86. The molecule has 1 heterocycles. The lowest BCUT2D eigenvalue weighted by Gasteiger charge is -2.25. The maximum Gasteiger partial charge on any atom is 0.157 e. The smallest absolute Gasteiger partial charge is 0.157 e. The number of methoxy groups -OCH3 is 1. The molecule has 1 saturated heterocycles. The number of aliphatic imine (C=N–C) groups is 1. The summed E-state index contributed by atoms with van der Waals surface area (Å²) in [6.45, 7) is 8.10. The van der Waals surface area contributed by atoms with Crippen LogP contribution in [0.3, 0.4) is 0 Å². The van der Waals surface area contributed by atoms with Gasteiger partial charge in [-0.1, -0.05) is 25.6 Å². The van der Waals surface area contributed by atoms with Crippen LogP contribution in [0.15, 0.2) is 4.99 Å². The van der Waals surface area contributed by atoms with E-state index < -0.39 is 0 Å². The monoisotopic (exact) mass is 273 g/mol. The normalized spacial score (nSPS) is 20.6. The summed E-state index contributed by atoms with van der Waals surface area (Å²) in [5, 5.41) is 4.71.